The molecule has 2 aliphatic rings. The van der Waals surface area contributed by atoms with Gasteiger partial charge in [-0.1, -0.05) is 19.8 Å². The van der Waals surface area contributed by atoms with E-state index in [9.17, 15) is 14.7 Å². The zero-order valence-electron chi connectivity index (χ0n) is 12.3. The van der Waals surface area contributed by atoms with Crippen LogP contribution in [0.25, 0.3) is 0 Å². The first kappa shape index (κ1) is 15.3. The number of carbonyl (C=O) groups excluding carboxylic acids is 1. The van der Waals surface area contributed by atoms with E-state index in [4.69, 9.17) is 0 Å². The van der Waals surface area contributed by atoms with Gasteiger partial charge in [0.2, 0.25) is 5.91 Å². The second-order valence-electron chi connectivity index (χ2n) is 6.01. The Labute approximate surface area is 120 Å². The Morgan fingerprint density at radius 1 is 1.15 bits per heavy atom. The van der Waals surface area contributed by atoms with Crippen molar-refractivity contribution in [2.75, 3.05) is 19.6 Å². The van der Waals surface area contributed by atoms with E-state index < -0.39 is 11.9 Å². The molecule has 1 heterocycles. The van der Waals surface area contributed by atoms with Crippen molar-refractivity contribution < 1.29 is 14.7 Å². The fourth-order valence-corrected chi connectivity index (χ4v) is 3.63. The van der Waals surface area contributed by atoms with Crippen molar-refractivity contribution in [1.82, 2.24) is 10.2 Å². The number of likely N-dealkylation sites (tertiary alicyclic amines) is 1. The number of carboxylic acids is 1. The van der Waals surface area contributed by atoms with Gasteiger partial charge in [-0.3, -0.25) is 14.5 Å². The number of aliphatic carboxylic acids is 1. The van der Waals surface area contributed by atoms with E-state index in [-0.39, 0.29) is 11.8 Å². The lowest BCUT2D eigenvalue weighted by atomic mass is 9.78. The average Bonchev–Trinajstić information content (AvgIpc) is 2.92. The van der Waals surface area contributed by atoms with Crippen molar-refractivity contribution in [1.29, 1.82) is 0 Å². The summed E-state index contributed by atoms with van der Waals surface area (Å²) in [6.07, 6.45) is 5.55. The molecule has 0 aromatic carbocycles. The smallest absolute Gasteiger partial charge is 0.307 e. The fourth-order valence-electron chi connectivity index (χ4n) is 3.63. The lowest BCUT2D eigenvalue weighted by Crippen LogP contribution is -2.45. The summed E-state index contributed by atoms with van der Waals surface area (Å²) in [4.78, 5) is 25.9. The molecule has 5 nitrogen and oxygen atoms in total. The monoisotopic (exact) mass is 282 g/mol. The molecule has 1 unspecified atom stereocenters. The first-order valence-corrected chi connectivity index (χ1v) is 7.88. The lowest BCUT2D eigenvalue weighted by molar-refractivity contribution is -0.148. The van der Waals surface area contributed by atoms with E-state index in [0.717, 1.165) is 32.4 Å². The molecule has 1 amide bonds. The molecule has 1 aliphatic heterocycles. The van der Waals surface area contributed by atoms with Crippen LogP contribution in [0.4, 0.5) is 0 Å². The van der Waals surface area contributed by atoms with E-state index in [1.54, 1.807) is 0 Å². The van der Waals surface area contributed by atoms with Crippen LogP contribution in [0.5, 0.6) is 0 Å². The number of nitrogens with one attached hydrogen (secondary N) is 1. The van der Waals surface area contributed by atoms with E-state index in [0.29, 0.717) is 25.4 Å². The number of carboxylic acid groups (broad SMARTS) is 1. The summed E-state index contributed by atoms with van der Waals surface area (Å²) in [5, 5.41) is 12.2. The normalized spacial score (nSPS) is 31.1. The summed E-state index contributed by atoms with van der Waals surface area (Å²) < 4.78 is 0. The summed E-state index contributed by atoms with van der Waals surface area (Å²) in [7, 11) is 0. The quantitative estimate of drug-likeness (QED) is 0.801. The average molecular weight is 282 g/mol. The largest absolute Gasteiger partial charge is 0.481 e. The highest BCUT2D eigenvalue weighted by atomic mass is 16.4. The third-order valence-corrected chi connectivity index (χ3v) is 4.84. The van der Waals surface area contributed by atoms with Crippen molar-refractivity contribution in [3.05, 3.63) is 0 Å². The summed E-state index contributed by atoms with van der Waals surface area (Å²) in [6.45, 7) is 4.93. The molecule has 2 rings (SSSR count). The topological polar surface area (TPSA) is 69.6 Å². The lowest BCUT2D eigenvalue weighted by Gasteiger charge is -2.29. The summed E-state index contributed by atoms with van der Waals surface area (Å²) in [5.74, 6) is -1.70. The molecule has 0 aromatic rings. The Morgan fingerprint density at radius 3 is 2.50 bits per heavy atom. The van der Waals surface area contributed by atoms with Gasteiger partial charge < -0.3 is 10.4 Å². The van der Waals surface area contributed by atoms with Crippen molar-refractivity contribution >= 4 is 11.9 Å². The van der Waals surface area contributed by atoms with Gasteiger partial charge in [0.05, 0.1) is 11.8 Å². The number of carbonyl (C=O) groups is 2. The minimum atomic E-state index is -0.819. The first-order valence-electron chi connectivity index (χ1n) is 7.88. The summed E-state index contributed by atoms with van der Waals surface area (Å²) in [5.41, 5.74) is 0. The highest BCUT2D eigenvalue weighted by molar-refractivity contribution is 5.84. The number of hydrogen-bond acceptors (Lipinski definition) is 3. The van der Waals surface area contributed by atoms with Gasteiger partial charge in [0, 0.05) is 12.6 Å². The van der Waals surface area contributed by atoms with Gasteiger partial charge >= 0.3 is 5.97 Å². The van der Waals surface area contributed by atoms with Crippen LogP contribution >= 0.6 is 0 Å². The molecule has 2 N–H and O–H groups in total. The predicted molar refractivity (Wildman–Crippen MR) is 76.4 cm³/mol. The van der Waals surface area contributed by atoms with Crippen LogP contribution in [0.15, 0.2) is 0 Å². The Hall–Kier alpha value is -1.10. The highest BCUT2D eigenvalue weighted by Crippen LogP contribution is 2.30. The van der Waals surface area contributed by atoms with Gasteiger partial charge in [0.1, 0.15) is 0 Å². The van der Waals surface area contributed by atoms with E-state index in [1.165, 1.54) is 6.42 Å². The number of hydrogen-bond donors (Lipinski definition) is 2. The van der Waals surface area contributed by atoms with E-state index in [1.807, 2.05) is 0 Å². The third-order valence-electron chi connectivity index (χ3n) is 4.84. The second-order valence-corrected chi connectivity index (χ2v) is 6.01. The maximum atomic E-state index is 12.3. The van der Waals surface area contributed by atoms with Crippen LogP contribution in [0.3, 0.4) is 0 Å². The van der Waals surface area contributed by atoms with Crippen LogP contribution < -0.4 is 5.32 Å². The van der Waals surface area contributed by atoms with Crippen LogP contribution in [-0.4, -0.2) is 47.6 Å². The molecular formula is C15H26N2O3. The van der Waals surface area contributed by atoms with Crippen molar-refractivity contribution in [3.8, 4) is 0 Å². The van der Waals surface area contributed by atoms with Crippen LogP contribution in [0.1, 0.15) is 45.4 Å². The molecule has 20 heavy (non-hydrogen) atoms. The highest BCUT2D eigenvalue weighted by Gasteiger charge is 2.36. The van der Waals surface area contributed by atoms with Crippen molar-refractivity contribution in [2.45, 2.75) is 51.5 Å². The van der Waals surface area contributed by atoms with E-state index in [2.05, 4.69) is 17.1 Å². The number of amides is 1. The number of likely N-dealkylation sites (N-methyl/N-ethyl adjacent to an activating group) is 1. The SMILES string of the molecule is CCN1CCCC1CNC(=O)[C@@H]1CCCC[C@@H]1C(=O)O. The molecule has 0 aromatic heterocycles. The molecular weight excluding hydrogens is 256 g/mol. The van der Waals surface area contributed by atoms with Gasteiger partial charge in [-0.2, -0.15) is 0 Å². The predicted octanol–water partition coefficient (Wildman–Crippen LogP) is 1.48. The van der Waals surface area contributed by atoms with Crippen LogP contribution in [-0.2, 0) is 9.59 Å². The third kappa shape index (κ3) is 3.51. The molecule has 1 saturated heterocycles. The van der Waals surface area contributed by atoms with Crippen molar-refractivity contribution in [3.63, 3.8) is 0 Å². The minimum absolute atomic E-state index is 0.0555. The first-order chi connectivity index (χ1) is 9.63. The Morgan fingerprint density at radius 2 is 1.85 bits per heavy atom. The van der Waals surface area contributed by atoms with Gasteiger partial charge in [-0.25, -0.2) is 0 Å². The number of rotatable bonds is 5. The van der Waals surface area contributed by atoms with Gasteiger partial charge in [0.25, 0.3) is 0 Å². The molecule has 1 aliphatic carbocycles. The fraction of sp³-hybridized carbons (Fsp3) is 0.867. The molecule has 3 atom stereocenters. The summed E-state index contributed by atoms with van der Waals surface area (Å²) >= 11 is 0. The molecule has 5 heteroatoms. The standard InChI is InChI=1S/C15H26N2O3/c1-2-17-9-5-6-11(17)10-16-14(18)12-7-3-4-8-13(12)15(19)20/h11-13H,2-10H2,1H3,(H,16,18)(H,19,20)/t11?,12-,13+/m1/s1. The Balaban J connectivity index is 1.85. The molecule has 0 bridgehead atoms. The minimum Gasteiger partial charge on any atom is -0.481 e. The van der Waals surface area contributed by atoms with Crippen molar-refractivity contribution in [2.24, 2.45) is 11.8 Å². The Bertz CT molecular complexity index is 359. The van der Waals surface area contributed by atoms with Crippen LogP contribution in [0, 0.1) is 11.8 Å². The van der Waals surface area contributed by atoms with Gasteiger partial charge in [-0.15, -0.1) is 0 Å². The molecule has 0 radical (unpaired) electrons. The molecule has 0 spiro atoms. The Kier molecular flexibility index (Phi) is 5.40. The van der Waals surface area contributed by atoms with Crippen LogP contribution in [0.2, 0.25) is 0 Å². The molecule has 2 fully saturated rings. The number of nitrogens with zero attached hydrogens (tertiary/aromatic N) is 1. The maximum Gasteiger partial charge on any atom is 0.307 e. The molecule has 1 saturated carbocycles. The van der Waals surface area contributed by atoms with Gasteiger partial charge in [-0.05, 0) is 38.8 Å². The second kappa shape index (κ2) is 7.07. The van der Waals surface area contributed by atoms with E-state index >= 15 is 0 Å². The zero-order valence-corrected chi connectivity index (χ0v) is 12.3. The maximum absolute atomic E-state index is 12.3. The summed E-state index contributed by atoms with van der Waals surface area (Å²) in [6, 6.07) is 0.427. The zero-order chi connectivity index (χ0) is 14.5. The molecule has 114 valence electrons. The van der Waals surface area contributed by atoms with Gasteiger partial charge in [0.15, 0.2) is 0 Å².